The van der Waals surface area contributed by atoms with Crippen LogP contribution in [0, 0.1) is 19.8 Å². The number of aryl methyl sites for hydroxylation is 2. The summed E-state index contributed by atoms with van der Waals surface area (Å²) >= 11 is 0. The van der Waals surface area contributed by atoms with E-state index in [-0.39, 0.29) is 5.92 Å². The largest absolute Gasteiger partial charge is 0.353 e. The number of nitrogens with zero attached hydrogens (tertiary/aromatic N) is 4. The predicted octanol–water partition coefficient (Wildman–Crippen LogP) is 4.65. The fourth-order valence-electron chi connectivity index (χ4n) is 4.44. The Morgan fingerprint density at radius 2 is 1.74 bits per heavy atom. The smallest absolute Gasteiger partial charge is 0.225 e. The van der Waals surface area contributed by atoms with Gasteiger partial charge in [0.25, 0.3) is 0 Å². The standard InChI is InChI=1S/C26H36N4O/c1-5-19(3)24-27-20(4)23(17-21-11-9-18(2)10-12-21)25(28-24)29-13-15-30(16-14-29)26(31)22-7-6-8-22/h9-12,19,22H,5-8,13-17H2,1-4H3. The Morgan fingerprint density at radius 1 is 1.06 bits per heavy atom. The highest BCUT2D eigenvalue weighted by molar-refractivity contribution is 5.80. The zero-order valence-electron chi connectivity index (χ0n) is 19.5. The molecule has 0 radical (unpaired) electrons. The Bertz CT molecular complexity index is 912. The summed E-state index contributed by atoms with van der Waals surface area (Å²) in [6.45, 7) is 11.9. The van der Waals surface area contributed by atoms with Crippen LogP contribution in [0.1, 0.15) is 73.7 Å². The van der Waals surface area contributed by atoms with E-state index in [0.717, 1.165) is 69.2 Å². The average molecular weight is 421 g/mol. The second kappa shape index (κ2) is 9.37. The topological polar surface area (TPSA) is 49.3 Å². The molecule has 2 aliphatic rings. The lowest BCUT2D eigenvalue weighted by Crippen LogP contribution is -2.51. The summed E-state index contributed by atoms with van der Waals surface area (Å²) in [6.07, 6.45) is 5.22. The minimum atomic E-state index is 0.280. The first-order valence-electron chi connectivity index (χ1n) is 11.9. The summed E-state index contributed by atoms with van der Waals surface area (Å²) in [5, 5.41) is 0. The minimum Gasteiger partial charge on any atom is -0.353 e. The summed E-state index contributed by atoms with van der Waals surface area (Å²) in [4.78, 5) is 27.1. The van der Waals surface area contributed by atoms with E-state index < -0.39 is 0 Å². The number of hydrogen-bond acceptors (Lipinski definition) is 4. The molecule has 2 fully saturated rings. The monoisotopic (exact) mass is 420 g/mol. The minimum absolute atomic E-state index is 0.280. The van der Waals surface area contributed by atoms with Crippen molar-refractivity contribution in [2.45, 2.75) is 65.7 Å². The van der Waals surface area contributed by atoms with Gasteiger partial charge in [0.2, 0.25) is 5.91 Å². The SMILES string of the molecule is CCC(C)c1nc(C)c(Cc2ccc(C)cc2)c(N2CCN(C(=O)C3CCC3)CC2)n1. The highest BCUT2D eigenvalue weighted by atomic mass is 16.2. The van der Waals surface area contributed by atoms with Gasteiger partial charge in [0, 0.05) is 55.7 Å². The third-order valence-corrected chi connectivity index (χ3v) is 7.11. The number of carbonyl (C=O) groups excluding carboxylic acids is 1. The van der Waals surface area contributed by atoms with E-state index in [4.69, 9.17) is 9.97 Å². The molecule has 31 heavy (non-hydrogen) atoms. The van der Waals surface area contributed by atoms with Crippen LogP contribution in [-0.2, 0) is 11.2 Å². The van der Waals surface area contributed by atoms with Crippen LogP contribution in [0.2, 0.25) is 0 Å². The Kier molecular flexibility index (Phi) is 6.59. The molecule has 5 heteroatoms. The number of amides is 1. The number of piperazine rings is 1. The molecule has 0 N–H and O–H groups in total. The number of hydrogen-bond donors (Lipinski definition) is 0. The normalized spacial score (nSPS) is 18.1. The van der Waals surface area contributed by atoms with Gasteiger partial charge in [-0.25, -0.2) is 9.97 Å². The summed E-state index contributed by atoms with van der Waals surface area (Å²) < 4.78 is 0. The van der Waals surface area contributed by atoms with E-state index in [0.29, 0.717) is 11.8 Å². The summed E-state index contributed by atoms with van der Waals surface area (Å²) in [5.74, 6) is 2.99. The van der Waals surface area contributed by atoms with Gasteiger partial charge >= 0.3 is 0 Å². The molecule has 0 bridgehead atoms. The van der Waals surface area contributed by atoms with Gasteiger partial charge < -0.3 is 9.80 Å². The molecule has 2 aromatic rings. The van der Waals surface area contributed by atoms with Crippen LogP contribution in [0.4, 0.5) is 5.82 Å². The van der Waals surface area contributed by atoms with Crippen molar-refractivity contribution in [3.63, 3.8) is 0 Å². The lowest BCUT2D eigenvalue weighted by atomic mass is 9.84. The zero-order chi connectivity index (χ0) is 22.0. The zero-order valence-corrected chi connectivity index (χ0v) is 19.5. The molecule has 1 aliphatic heterocycles. The van der Waals surface area contributed by atoms with E-state index in [9.17, 15) is 4.79 Å². The van der Waals surface area contributed by atoms with Gasteiger partial charge in [0.1, 0.15) is 11.6 Å². The Morgan fingerprint density at radius 3 is 2.32 bits per heavy atom. The Hall–Kier alpha value is -2.43. The molecule has 2 heterocycles. The molecular formula is C26H36N4O. The van der Waals surface area contributed by atoms with Gasteiger partial charge in [-0.3, -0.25) is 4.79 Å². The summed E-state index contributed by atoms with van der Waals surface area (Å²) in [6, 6.07) is 8.75. The van der Waals surface area contributed by atoms with Gasteiger partial charge in [0.15, 0.2) is 0 Å². The number of anilines is 1. The number of aromatic nitrogens is 2. The second-order valence-electron chi connectivity index (χ2n) is 9.38. The summed E-state index contributed by atoms with van der Waals surface area (Å²) in [5.41, 5.74) is 4.86. The first-order chi connectivity index (χ1) is 15.0. The molecule has 1 aromatic carbocycles. The molecule has 1 amide bonds. The maximum Gasteiger partial charge on any atom is 0.225 e. The van der Waals surface area contributed by atoms with Gasteiger partial charge in [0.05, 0.1) is 0 Å². The van der Waals surface area contributed by atoms with Gasteiger partial charge in [-0.15, -0.1) is 0 Å². The maximum atomic E-state index is 12.7. The van der Waals surface area contributed by atoms with Crippen molar-refractivity contribution in [2.75, 3.05) is 31.1 Å². The fraction of sp³-hybridized carbons (Fsp3) is 0.577. The van der Waals surface area contributed by atoms with Crippen LogP contribution >= 0.6 is 0 Å². The van der Waals surface area contributed by atoms with Crippen LogP contribution in [0.25, 0.3) is 0 Å². The molecule has 1 aliphatic carbocycles. The molecule has 1 saturated carbocycles. The molecule has 1 atom stereocenters. The van der Waals surface area contributed by atoms with Crippen LogP contribution in [-0.4, -0.2) is 47.0 Å². The van der Waals surface area contributed by atoms with Crippen molar-refractivity contribution in [2.24, 2.45) is 5.92 Å². The van der Waals surface area contributed by atoms with E-state index >= 15 is 0 Å². The van der Waals surface area contributed by atoms with E-state index in [2.05, 4.69) is 61.8 Å². The third kappa shape index (κ3) is 4.76. The Labute approximate surface area is 186 Å². The number of rotatable bonds is 6. The molecular weight excluding hydrogens is 384 g/mol. The average Bonchev–Trinajstić information content (AvgIpc) is 2.74. The van der Waals surface area contributed by atoms with E-state index in [1.807, 2.05) is 0 Å². The second-order valence-corrected chi connectivity index (χ2v) is 9.38. The molecule has 5 nitrogen and oxygen atoms in total. The van der Waals surface area contributed by atoms with Gasteiger partial charge in [-0.05, 0) is 38.7 Å². The molecule has 166 valence electrons. The summed E-state index contributed by atoms with van der Waals surface area (Å²) in [7, 11) is 0. The molecule has 0 spiro atoms. The van der Waals surface area contributed by atoms with E-state index in [1.165, 1.54) is 23.1 Å². The lowest BCUT2D eigenvalue weighted by Gasteiger charge is -2.39. The fourth-order valence-corrected chi connectivity index (χ4v) is 4.44. The first-order valence-corrected chi connectivity index (χ1v) is 11.9. The van der Waals surface area contributed by atoms with Crippen molar-refractivity contribution < 1.29 is 4.79 Å². The highest BCUT2D eigenvalue weighted by Crippen LogP contribution is 2.30. The van der Waals surface area contributed by atoms with E-state index in [1.54, 1.807) is 0 Å². The van der Waals surface area contributed by atoms with Crippen molar-refractivity contribution in [1.82, 2.24) is 14.9 Å². The molecule has 1 aromatic heterocycles. The van der Waals surface area contributed by atoms with Crippen LogP contribution in [0.3, 0.4) is 0 Å². The van der Waals surface area contributed by atoms with Crippen molar-refractivity contribution in [1.29, 1.82) is 0 Å². The first kappa shape index (κ1) is 21.8. The third-order valence-electron chi connectivity index (χ3n) is 7.11. The van der Waals surface area contributed by atoms with Crippen LogP contribution in [0.5, 0.6) is 0 Å². The number of benzene rings is 1. The quantitative estimate of drug-likeness (QED) is 0.683. The predicted molar refractivity (Wildman–Crippen MR) is 126 cm³/mol. The van der Waals surface area contributed by atoms with Crippen molar-refractivity contribution >= 4 is 11.7 Å². The molecule has 4 rings (SSSR count). The van der Waals surface area contributed by atoms with Gasteiger partial charge in [-0.2, -0.15) is 0 Å². The highest BCUT2D eigenvalue weighted by Gasteiger charge is 2.32. The van der Waals surface area contributed by atoms with Crippen molar-refractivity contribution in [3.8, 4) is 0 Å². The Balaban J connectivity index is 1.58. The van der Waals surface area contributed by atoms with Gasteiger partial charge in [-0.1, -0.05) is 50.1 Å². The van der Waals surface area contributed by atoms with Crippen molar-refractivity contribution in [3.05, 3.63) is 52.5 Å². The van der Waals surface area contributed by atoms with Crippen LogP contribution < -0.4 is 4.90 Å². The molecule has 1 unspecified atom stereocenters. The van der Waals surface area contributed by atoms with Crippen LogP contribution in [0.15, 0.2) is 24.3 Å². The lowest BCUT2D eigenvalue weighted by molar-refractivity contribution is -0.138. The maximum absolute atomic E-state index is 12.7. The number of carbonyl (C=O) groups is 1. The molecule has 1 saturated heterocycles.